The molecule has 2 aromatic heterocycles. The fourth-order valence-electron chi connectivity index (χ4n) is 30.8. The van der Waals surface area contributed by atoms with Crippen LogP contribution in [0.25, 0.3) is 0 Å². The summed E-state index contributed by atoms with van der Waals surface area (Å²) in [6.07, 6.45) is 42.8. The van der Waals surface area contributed by atoms with Crippen molar-refractivity contribution < 1.29 is 55.7 Å². The number of H-pyrrole nitrogens is 1. The van der Waals surface area contributed by atoms with Crippen LogP contribution in [0.1, 0.15) is 352 Å². The maximum atomic E-state index is 13.4. The largest absolute Gasteiger partial charge is 0.400 e. The highest BCUT2D eigenvalue weighted by molar-refractivity contribution is 9.09. The molecule has 0 aromatic carbocycles. The van der Waals surface area contributed by atoms with Crippen molar-refractivity contribution in [3.63, 3.8) is 0 Å². The summed E-state index contributed by atoms with van der Waals surface area (Å²) in [5, 5.41) is 74.3. The first-order valence-electron chi connectivity index (χ1n) is 47.7. The van der Waals surface area contributed by atoms with Gasteiger partial charge in [-0.15, -0.1) is 0 Å². The highest BCUT2D eigenvalue weighted by Crippen LogP contribution is 2.70. The van der Waals surface area contributed by atoms with E-state index in [-0.39, 0.29) is 47.4 Å². The second-order valence-electron chi connectivity index (χ2n) is 41.2. The van der Waals surface area contributed by atoms with Crippen LogP contribution in [0.15, 0.2) is 24.8 Å². The summed E-state index contributed by atoms with van der Waals surface area (Å²) in [6, 6.07) is 3.97. The number of alkyl halides is 1. The maximum Gasteiger partial charge on any atom is 0.157 e. The lowest BCUT2D eigenvalue weighted by atomic mass is 9.49. The zero-order valence-electron chi connectivity index (χ0n) is 76.1. The Morgan fingerprint density at radius 3 is 1.12 bits per heavy atom. The van der Waals surface area contributed by atoms with E-state index in [2.05, 4.69) is 58.1 Å². The highest BCUT2D eigenvalue weighted by atomic mass is 79.9. The predicted octanol–water partition coefficient (Wildman–Crippen LogP) is 20.9. The average molecular weight is 1640 g/mol. The van der Waals surface area contributed by atoms with Crippen molar-refractivity contribution >= 4 is 39.1 Å². The van der Waals surface area contributed by atoms with Crippen molar-refractivity contribution in [2.45, 2.75) is 359 Å². The molecule has 638 valence electrons. The summed E-state index contributed by atoms with van der Waals surface area (Å²) in [4.78, 5) is 51.1. The molecule has 0 unspecified atom stereocenters. The van der Waals surface area contributed by atoms with Gasteiger partial charge in [0.25, 0.3) is 0 Å². The quantitative estimate of drug-likeness (QED) is 0.141. The topological polar surface area (TPSA) is 264 Å². The van der Waals surface area contributed by atoms with Crippen LogP contribution in [0.5, 0.6) is 0 Å². The van der Waals surface area contributed by atoms with Crippen LogP contribution in [-0.4, -0.2) is 103 Å². The van der Waals surface area contributed by atoms with Crippen LogP contribution in [0.3, 0.4) is 0 Å². The summed E-state index contributed by atoms with van der Waals surface area (Å²) in [5.74, 6) is 8.36. The number of aromatic nitrogens is 4. The van der Waals surface area contributed by atoms with Gasteiger partial charge in [0.2, 0.25) is 0 Å². The van der Waals surface area contributed by atoms with Crippen LogP contribution in [0.2, 0.25) is 0 Å². The van der Waals surface area contributed by atoms with Crippen molar-refractivity contribution in [1.29, 1.82) is 10.5 Å². The van der Waals surface area contributed by atoms with E-state index in [1.807, 2.05) is 47.6 Å². The van der Waals surface area contributed by atoms with Crippen LogP contribution in [-0.2, 0) is 25.7 Å². The molecule has 0 bridgehead atoms. The van der Waals surface area contributed by atoms with Gasteiger partial charge in [0.1, 0.15) is 29.5 Å². The van der Waals surface area contributed by atoms with Gasteiger partial charge in [-0.3, -0.25) is 29.0 Å². The Morgan fingerprint density at radius 2 is 0.796 bits per heavy atom. The highest BCUT2D eigenvalue weighted by Gasteiger charge is 2.64. The number of rotatable bonds is 7. The standard InChI is InChI=1S/C25H35N3O2.C21H33BrO2.2C21H34O2.C4H3N3.CH4O.4CH4/c1-24(30)9-7-18-17(11-24)3-4-20-19(18)8-10-25(2)21(20)5-6-22(25)23(29)15-28-14-16(12-26)13-27-28;1-20(24)9-7-14-13(11-20)3-4-16-15(14)8-10-21(2)17(16)5-6-18(21)19(23)12-22;2*1-13(22)18-6-7-19-17-5-4-14-12-20(2,23)10-8-15(14)16(17)9-11-21(18,19)3;5-1-4-2-6-7-3-4;1-2;;;;/h13-14,17-22,30H,3-11,15H2,1-2H3;13-18,24H,3-12H2,1-2H3;2*14-19,23H,4-12H2,1-3H3;2-3H,(H,6,7);2H,1H3;4*1H4/t17-,18+,19-,20-,21+,22-,24-,25+;13-,14+,15-,16-,17+,18-,20-,21+;2*14-,15+,16-,17-,18-,19+,20-,21-;;;;;;/m1111....../s1/i22D;12D2,18D;1D3,18D;;;;;;;. The Labute approximate surface area is 704 Å². The van der Waals surface area contributed by atoms with Gasteiger partial charge >= 0.3 is 0 Å². The third kappa shape index (κ3) is 18.4. The Hall–Kier alpha value is -3.64. The number of ketones is 4. The normalized spacial score (nSPS) is 49.8. The fraction of sp³-hybridized carbons (Fsp3) is 0.876. The van der Waals surface area contributed by atoms with Crippen molar-refractivity contribution in [3.8, 4) is 12.1 Å². The van der Waals surface area contributed by atoms with E-state index in [1.54, 1.807) is 12.4 Å². The fourth-order valence-corrected chi connectivity index (χ4v) is 31.0. The van der Waals surface area contributed by atoms with Gasteiger partial charge < -0.3 is 25.5 Å². The minimum atomic E-state index is -2.68. The Balaban J connectivity index is 0.000000176. The number of nitrogens with zero attached hydrogens (tertiary/aromatic N) is 5. The summed E-state index contributed by atoms with van der Waals surface area (Å²) >= 11 is 2.90. The molecule has 0 saturated heterocycles. The van der Waals surface area contributed by atoms with E-state index in [0.717, 1.165) is 197 Å². The lowest BCUT2D eigenvalue weighted by Crippen LogP contribution is -2.51. The van der Waals surface area contributed by atoms with Crippen LogP contribution in [0.4, 0.5) is 0 Å². The smallest absolute Gasteiger partial charge is 0.157 e. The number of aromatic amines is 1. The summed E-state index contributed by atoms with van der Waals surface area (Å²) < 4.78 is 67.4. The molecule has 2 heterocycles. The number of nitrogens with one attached hydrogen (secondary N) is 1. The molecule has 16 aliphatic carbocycles. The molecular formula is C97H159BrN6O9. The Morgan fingerprint density at radius 1 is 0.460 bits per heavy atom. The number of carbonyl (C=O) groups is 4. The van der Waals surface area contributed by atoms with Crippen LogP contribution >= 0.6 is 15.9 Å². The molecule has 2 aromatic rings. The van der Waals surface area contributed by atoms with Crippen molar-refractivity contribution in [2.24, 2.45) is 164 Å². The number of hydrogen-bond donors (Lipinski definition) is 6. The van der Waals surface area contributed by atoms with Gasteiger partial charge in [-0.1, -0.05) is 73.3 Å². The Bertz CT molecular complexity index is 3880. The minimum absolute atomic E-state index is 0. The first-order chi connectivity index (χ1) is 54.7. The molecule has 16 saturated carbocycles. The van der Waals surface area contributed by atoms with Gasteiger partial charge in [0.05, 0.1) is 57.8 Å². The zero-order chi connectivity index (χ0) is 85.2. The van der Waals surface area contributed by atoms with E-state index >= 15 is 0 Å². The number of aliphatic hydroxyl groups excluding tert-OH is 1. The van der Waals surface area contributed by atoms with E-state index in [4.69, 9.17) is 25.2 Å². The third-order valence-electron chi connectivity index (χ3n) is 35.5. The van der Waals surface area contributed by atoms with Crippen molar-refractivity contribution in [3.05, 3.63) is 35.9 Å². The number of hydrogen-bond acceptors (Lipinski definition) is 13. The van der Waals surface area contributed by atoms with Gasteiger partial charge in [0, 0.05) is 54.1 Å². The van der Waals surface area contributed by atoms with Crippen LogP contribution < -0.4 is 0 Å². The van der Waals surface area contributed by atoms with Gasteiger partial charge in [-0.2, -0.15) is 20.7 Å². The van der Waals surface area contributed by atoms with E-state index < -0.39 is 74.6 Å². The molecule has 16 aliphatic rings. The third-order valence-corrected chi connectivity index (χ3v) is 35.8. The molecule has 0 amide bonds. The van der Waals surface area contributed by atoms with E-state index in [9.17, 15) is 41.0 Å². The summed E-state index contributed by atoms with van der Waals surface area (Å²) in [5.41, 5.74) is -1.82. The van der Waals surface area contributed by atoms with E-state index in [1.165, 1.54) is 68.4 Å². The number of Topliss-reactive ketones (excluding diaryl/α,β-unsaturated/α-hetero) is 4. The number of carbonyl (C=O) groups excluding carboxylic acids is 4. The molecule has 15 nitrogen and oxygen atoms in total. The lowest BCUT2D eigenvalue weighted by Gasteiger charge is -2.56. The lowest BCUT2D eigenvalue weighted by molar-refractivity contribution is -0.133. The number of nitriles is 2. The molecule has 16 fully saturated rings. The first kappa shape index (κ1) is 81.7. The molecule has 6 N–H and O–H groups in total. The SMILES string of the molecule is C.C.C.C.CC(=O)[C@H]1CC[C@H]2[C@@H]3CC[C@@H]4C[C@](C)(O)CC[C@@H]4[C@H]3CC[C@]12C.CO.N#Cc1cn[nH]c1.[2H]C([2H])(Br)C(=O)[C@@]1([2H])CC[C@H]2[C@@H]3CC[C@@H]4C[C@](C)(O)CC[C@@H]4[C@H]3CC[C@@]21C.[2H]C([2H])([2H])C(=O)[C@@]1([2H])CC[C@H]2[C@@H]3CC[C@@H]4C[C@](C)(O)CC[C@@H]4[C@H]3CC[C@@]21C.[2H][C@]1(C(=O)Cn2cc(C#N)cn2)CC[C@H]2[C@@H]3CC[C@@H]4C[C@](C)(O)CC[C@@H]4[C@H]3CC[C@@]21C. The Kier molecular flexibility index (Phi) is 26.6. The van der Waals surface area contributed by atoms with Crippen molar-refractivity contribution in [2.75, 3.05) is 12.4 Å². The molecule has 113 heavy (non-hydrogen) atoms. The molecule has 16 heteroatoms. The molecule has 0 spiro atoms. The monoisotopic (exact) mass is 1640 g/mol. The van der Waals surface area contributed by atoms with Gasteiger partial charge in [-0.25, -0.2) is 0 Å². The zero-order valence-corrected chi connectivity index (χ0v) is 69.7. The van der Waals surface area contributed by atoms with Crippen molar-refractivity contribution in [1.82, 2.24) is 20.0 Å². The molecule has 0 aliphatic heterocycles. The molecule has 0 radical (unpaired) electrons. The minimum Gasteiger partial charge on any atom is -0.400 e. The molecule has 32 atom stereocenters. The number of halogens is 1. The summed E-state index contributed by atoms with van der Waals surface area (Å²) in [6.45, 7) is 16.0. The molecule has 18 rings (SSSR count). The predicted molar refractivity (Wildman–Crippen MR) is 455 cm³/mol. The maximum absolute atomic E-state index is 13.4. The average Bonchev–Trinajstić information content (AvgIpc) is 1.58. The number of aliphatic hydroxyl groups is 5. The second kappa shape index (κ2) is 36.7. The van der Waals surface area contributed by atoms with Gasteiger partial charge in [-0.05, 0) is 413 Å². The van der Waals surface area contributed by atoms with Gasteiger partial charge in [0.15, 0.2) is 5.78 Å². The molecular weight excluding hydrogens is 1470 g/mol. The van der Waals surface area contributed by atoms with E-state index in [0.29, 0.717) is 136 Å². The van der Waals surface area contributed by atoms with Crippen LogP contribution in [0, 0.1) is 186 Å². The first-order valence-corrected chi connectivity index (χ1v) is 44.5. The summed E-state index contributed by atoms with van der Waals surface area (Å²) in [7, 11) is 1.00. The second-order valence-corrected chi connectivity index (χ2v) is 41.6. The number of fused-ring (bicyclic) bond motifs is 20.